The van der Waals surface area contributed by atoms with E-state index in [2.05, 4.69) is 10.4 Å². The van der Waals surface area contributed by atoms with Crippen molar-refractivity contribution < 1.29 is 22.8 Å². The zero-order chi connectivity index (χ0) is 25.4. The maximum absolute atomic E-state index is 13.6. The number of benzene rings is 3. The molecule has 0 radical (unpaired) electrons. The number of nitrogens with one attached hydrogen (secondary N) is 1. The van der Waals surface area contributed by atoms with Gasteiger partial charge in [-0.05, 0) is 41.5 Å². The number of alkyl halides is 2. The molecule has 4 aromatic rings. The lowest BCUT2D eigenvalue weighted by atomic mass is 9.99. The van der Waals surface area contributed by atoms with Crippen LogP contribution in [0.15, 0.2) is 79.0 Å². The van der Waals surface area contributed by atoms with Gasteiger partial charge in [0.1, 0.15) is 5.82 Å². The van der Waals surface area contributed by atoms with Gasteiger partial charge in [-0.1, -0.05) is 42.5 Å². The Morgan fingerprint density at radius 1 is 1.08 bits per heavy atom. The number of amides is 2. The predicted octanol–water partition coefficient (Wildman–Crippen LogP) is 4.84. The van der Waals surface area contributed by atoms with E-state index >= 15 is 0 Å². The van der Waals surface area contributed by atoms with E-state index in [4.69, 9.17) is 0 Å². The summed E-state index contributed by atoms with van der Waals surface area (Å²) in [5.41, 5.74) is 3.00. The van der Waals surface area contributed by atoms with E-state index in [1.54, 1.807) is 58.2 Å². The number of rotatable bonds is 6. The molecule has 0 spiro atoms. The van der Waals surface area contributed by atoms with E-state index < -0.39 is 23.9 Å². The maximum atomic E-state index is 13.6. The number of hydrogen-bond donors (Lipinski definition) is 1. The Labute approximate surface area is 205 Å². The zero-order valence-corrected chi connectivity index (χ0v) is 19.4. The fourth-order valence-corrected chi connectivity index (χ4v) is 4.61. The Balaban J connectivity index is 1.48. The standard InChI is InChI=1S/C27H23F3N4O2/c1-27(29,30)26(36)32-22-14-24(35)34(25(22)18-5-3-2-4-6-18)21-11-12-23-19(13-21)15-31-33(23)16-17-7-9-20(28)10-8-17/h2-13,15,22,25H,14,16H2,1H3,(H,32,36)/t22-,25?/m0/s1. The second-order valence-electron chi connectivity index (χ2n) is 8.96. The molecule has 9 heteroatoms. The molecule has 0 aliphatic carbocycles. The van der Waals surface area contributed by atoms with Crippen molar-refractivity contribution in [2.24, 2.45) is 0 Å². The molecule has 6 nitrogen and oxygen atoms in total. The van der Waals surface area contributed by atoms with Gasteiger partial charge in [0, 0.05) is 24.4 Å². The van der Waals surface area contributed by atoms with Crippen molar-refractivity contribution in [3.63, 3.8) is 0 Å². The fourth-order valence-electron chi connectivity index (χ4n) is 4.61. The van der Waals surface area contributed by atoms with Gasteiger partial charge in [-0.25, -0.2) is 4.39 Å². The van der Waals surface area contributed by atoms with Crippen LogP contribution in [0.4, 0.5) is 18.9 Å². The van der Waals surface area contributed by atoms with Gasteiger partial charge in [0.05, 0.1) is 30.3 Å². The van der Waals surface area contributed by atoms with Crippen molar-refractivity contribution in [1.29, 1.82) is 0 Å². The number of halogens is 3. The monoisotopic (exact) mass is 492 g/mol. The molecule has 2 atom stereocenters. The summed E-state index contributed by atoms with van der Waals surface area (Å²) in [6.45, 7) is 0.976. The molecule has 0 bridgehead atoms. The van der Waals surface area contributed by atoms with E-state index in [1.807, 2.05) is 18.2 Å². The normalized spacial score (nSPS) is 18.1. The van der Waals surface area contributed by atoms with Gasteiger partial charge >= 0.3 is 5.92 Å². The smallest absolute Gasteiger partial charge is 0.321 e. The van der Waals surface area contributed by atoms with Gasteiger partial charge in [-0.15, -0.1) is 0 Å². The number of carbonyl (C=O) groups is 2. The quantitative estimate of drug-likeness (QED) is 0.419. The van der Waals surface area contributed by atoms with Crippen molar-refractivity contribution in [3.8, 4) is 0 Å². The first kappa shape index (κ1) is 23.6. The third-order valence-electron chi connectivity index (χ3n) is 6.33. The lowest BCUT2D eigenvalue weighted by molar-refractivity contribution is -0.143. The van der Waals surface area contributed by atoms with Crippen LogP contribution in [0.3, 0.4) is 0 Å². The van der Waals surface area contributed by atoms with Crippen LogP contribution >= 0.6 is 0 Å². The highest BCUT2D eigenvalue weighted by Crippen LogP contribution is 2.38. The minimum Gasteiger partial charge on any atom is -0.345 e. The predicted molar refractivity (Wildman–Crippen MR) is 129 cm³/mol. The molecule has 2 amide bonds. The molecular formula is C27H23F3N4O2. The first-order valence-electron chi connectivity index (χ1n) is 11.5. The third-order valence-corrected chi connectivity index (χ3v) is 6.33. The molecule has 3 aromatic carbocycles. The Bertz CT molecular complexity index is 1410. The molecule has 1 saturated heterocycles. The molecule has 0 saturated carbocycles. The van der Waals surface area contributed by atoms with Crippen LogP contribution in [-0.2, 0) is 16.1 Å². The van der Waals surface area contributed by atoms with Gasteiger partial charge in [-0.2, -0.15) is 13.9 Å². The first-order valence-corrected chi connectivity index (χ1v) is 11.5. The van der Waals surface area contributed by atoms with E-state index in [1.165, 1.54) is 12.1 Å². The SMILES string of the molecule is CC(F)(F)C(=O)N[C@H]1CC(=O)N(c2ccc3c(cnn3Cc3ccc(F)cc3)c2)C1c1ccccc1. The molecule has 1 aliphatic rings. The number of aromatic nitrogens is 2. The number of carbonyl (C=O) groups excluding carboxylic acids is 2. The number of fused-ring (bicyclic) bond motifs is 1. The number of anilines is 1. The average molecular weight is 493 g/mol. The van der Waals surface area contributed by atoms with Crippen molar-refractivity contribution in [3.05, 3.63) is 95.9 Å². The average Bonchev–Trinajstić information content (AvgIpc) is 3.40. The van der Waals surface area contributed by atoms with Gasteiger partial charge in [-0.3, -0.25) is 14.3 Å². The second kappa shape index (κ2) is 9.14. The van der Waals surface area contributed by atoms with E-state index in [9.17, 15) is 22.8 Å². The number of hydrogen-bond acceptors (Lipinski definition) is 3. The minimum atomic E-state index is -3.56. The van der Waals surface area contributed by atoms with Gasteiger partial charge < -0.3 is 10.2 Å². The summed E-state index contributed by atoms with van der Waals surface area (Å²) in [6.07, 6.45) is 1.57. The lowest BCUT2D eigenvalue weighted by Gasteiger charge is -2.29. The molecule has 36 heavy (non-hydrogen) atoms. The van der Waals surface area contributed by atoms with Crippen molar-refractivity contribution in [1.82, 2.24) is 15.1 Å². The van der Waals surface area contributed by atoms with Gasteiger partial charge in [0.15, 0.2) is 0 Å². The van der Waals surface area contributed by atoms with Crippen LogP contribution in [-0.4, -0.2) is 33.6 Å². The summed E-state index contributed by atoms with van der Waals surface area (Å²) in [6, 6.07) is 19.1. The highest BCUT2D eigenvalue weighted by molar-refractivity contribution is 6.00. The van der Waals surface area contributed by atoms with Gasteiger partial charge in [0.25, 0.3) is 5.91 Å². The molecule has 1 aromatic heterocycles. The third kappa shape index (κ3) is 4.56. The molecule has 2 heterocycles. The molecular weight excluding hydrogens is 469 g/mol. The van der Waals surface area contributed by atoms with Crippen molar-refractivity contribution in [2.75, 3.05) is 4.90 Å². The second-order valence-corrected chi connectivity index (χ2v) is 8.96. The number of nitrogens with zero attached hydrogens (tertiary/aromatic N) is 3. The topological polar surface area (TPSA) is 67.2 Å². The fraction of sp³-hybridized carbons (Fsp3) is 0.222. The zero-order valence-electron chi connectivity index (χ0n) is 19.4. The summed E-state index contributed by atoms with van der Waals surface area (Å²) in [5.74, 6) is -5.57. The highest BCUT2D eigenvalue weighted by atomic mass is 19.3. The molecule has 1 unspecified atom stereocenters. The highest BCUT2D eigenvalue weighted by Gasteiger charge is 2.45. The van der Waals surface area contributed by atoms with Crippen LogP contribution in [0.1, 0.15) is 30.5 Å². The van der Waals surface area contributed by atoms with Crippen molar-refractivity contribution in [2.45, 2.75) is 37.9 Å². The minimum absolute atomic E-state index is 0.108. The summed E-state index contributed by atoms with van der Waals surface area (Å²) in [7, 11) is 0. The van der Waals surface area contributed by atoms with E-state index in [0.29, 0.717) is 19.2 Å². The summed E-state index contributed by atoms with van der Waals surface area (Å²) in [4.78, 5) is 26.8. The van der Waals surface area contributed by atoms with Crippen LogP contribution in [0.2, 0.25) is 0 Å². The summed E-state index contributed by atoms with van der Waals surface area (Å²) in [5, 5.41) is 7.59. The Kier molecular flexibility index (Phi) is 5.99. The summed E-state index contributed by atoms with van der Waals surface area (Å²) >= 11 is 0. The van der Waals surface area contributed by atoms with Crippen LogP contribution in [0.5, 0.6) is 0 Å². The van der Waals surface area contributed by atoms with Crippen molar-refractivity contribution >= 4 is 28.4 Å². The van der Waals surface area contributed by atoms with Crippen LogP contribution < -0.4 is 10.2 Å². The molecule has 1 fully saturated rings. The Morgan fingerprint density at radius 3 is 2.50 bits per heavy atom. The lowest BCUT2D eigenvalue weighted by Crippen LogP contribution is -2.46. The molecule has 1 N–H and O–H groups in total. The maximum Gasteiger partial charge on any atom is 0.321 e. The van der Waals surface area contributed by atoms with Crippen LogP contribution in [0, 0.1) is 5.82 Å². The Morgan fingerprint density at radius 2 is 1.81 bits per heavy atom. The van der Waals surface area contributed by atoms with E-state index in [-0.39, 0.29) is 18.1 Å². The largest absolute Gasteiger partial charge is 0.345 e. The molecule has 1 aliphatic heterocycles. The molecule has 184 valence electrons. The first-order chi connectivity index (χ1) is 17.2. The molecule has 5 rings (SSSR count). The van der Waals surface area contributed by atoms with E-state index in [0.717, 1.165) is 22.0 Å². The van der Waals surface area contributed by atoms with Crippen LogP contribution in [0.25, 0.3) is 10.9 Å². The van der Waals surface area contributed by atoms with Gasteiger partial charge in [0.2, 0.25) is 5.91 Å². The Hall–Kier alpha value is -4.14. The summed E-state index contributed by atoms with van der Waals surface area (Å²) < 4.78 is 42.3.